The topological polar surface area (TPSA) is 81.2 Å². The van der Waals surface area contributed by atoms with Crippen molar-refractivity contribution in [2.75, 3.05) is 26.1 Å². The van der Waals surface area contributed by atoms with Crippen LogP contribution < -0.4 is 25.0 Å². The number of methoxy groups -OCH3 is 2. The monoisotopic (exact) mass is 379 g/mol. The fourth-order valence-electron chi connectivity index (χ4n) is 2.09. The van der Waals surface area contributed by atoms with Gasteiger partial charge in [0.2, 0.25) is 0 Å². The van der Waals surface area contributed by atoms with Crippen LogP contribution in [0.15, 0.2) is 47.6 Å². The molecular weight excluding hydrogens is 360 g/mol. The number of benzene rings is 2. The first-order chi connectivity index (χ1) is 13.0. The van der Waals surface area contributed by atoms with Gasteiger partial charge in [0.1, 0.15) is 5.75 Å². The number of anilines is 1. The molecule has 0 unspecified atom stereocenters. The Balaban J connectivity index is 1.87. The summed E-state index contributed by atoms with van der Waals surface area (Å²) in [6.07, 6.45) is 1.36. The molecule has 0 saturated carbocycles. The molecule has 2 rings (SSSR count). The van der Waals surface area contributed by atoms with E-state index >= 15 is 0 Å². The molecule has 1 amide bonds. The van der Waals surface area contributed by atoms with Gasteiger partial charge in [-0.05, 0) is 35.9 Å². The zero-order chi connectivity index (χ0) is 19.6. The maximum Gasteiger partial charge on any atom is 0.387 e. The van der Waals surface area contributed by atoms with Crippen LogP contribution in [0.5, 0.6) is 17.2 Å². The minimum Gasteiger partial charge on any atom is -0.497 e. The van der Waals surface area contributed by atoms with Crippen LogP contribution in [0.2, 0.25) is 0 Å². The van der Waals surface area contributed by atoms with E-state index in [1.165, 1.54) is 31.5 Å². The van der Waals surface area contributed by atoms with Crippen LogP contribution in [0.4, 0.5) is 14.5 Å². The predicted molar refractivity (Wildman–Crippen MR) is 96.8 cm³/mol. The molecule has 0 bridgehead atoms. The standard InChI is InChI=1S/C18H19F2N3O4/c1-25-14-5-3-4-13(9-14)21-11-17(24)23-22-10-12-6-7-15(27-18(19)20)16(8-12)26-2/h3-10,18,21H,11H2,1-2H3,(H,23,24)/b22-10-. The largest absolute Gasteiger partial charge is 0.497 e. The summed E-state index contributed by atoms with van der Waals surface area (Å²) in [5.74, 6) is 0.353. The maximum atomic E-state index is 12.3. The first kappa shape index (κ1) is 20.0. The minimum atomic E-state index is -2.95. The van der Waals surface area contributed by atoms with Crippen molar-refractivity contribution < 1.29 is 27.8 Å². The van der Waals surface area contributed by atoms with E-state index in [9.17, 15) is 13.6 Å². The summed E-state index contributed by atoms with van der Waals surface area (Å²) in [4.78, 5) is 11.8. The fraction of sp³-hybridized carbons (Fsp3) is 0.222. The lowest BCUT2D eigenvalue weighted by Gasteiger charge is -2.10. The van der Waals surface area contributed by atoms with E-state index in [4.69, 9.17) is 9.47 Å². The van der Waals surface area contributed by atoms with Gasteiger partial charge in [-0.15, -0.1) is 0 Å². The van der Waals surface area contributed by atoms with Crippen molar-refractivity contribution in [3.05, 3.63) is 48.0 Å². The zero-order valence-corrected chi connectivity index (χ0v) is 14.7. The number of rotatable bonds is 9. The van der Waals surface area contributed by atoms with E-state index in [0.29, 0.717) is 11.3 Å². The first-order valence-corrected chi connectivity index (χ1v) is 7.84. The molecule has 0 aliphatic carbocycles. The smallest absolute Gasteiger partial charge is 0.387 e. The van der Waals surface area contributed by atoms with Crippen LogP contribution >= 0.6 is 0 Å². The van der Waals surface area contributed by atoms with Gasteiger partial charge < -0.3 is 19.5 Å². The molecule has 0 saturated heterocycles. The molecule has 7 nitrogen and oxygen atoms in total. The van der Waals surface area contributed by atoms with E-state index < -0.39 is 6.61 Å². The highest BCUT2D eigenvalue weighted by molar-refractivity contribution is 5.84. The van der Waals surface area contributed by atoms with Crippen LogP contribution in [0.1, 0.15) is 5.56 Å². The summed E-state index contributed by atoms with van der Waals surface area (Å²) in [5, 5.41) is 6.76. The van der Waals surface area contributed by atoms with Crippen molar-refractivity contribution in [1.82, 2.24) is 5.43 Å². The van der Waals surface area contributed by atoms with Gasteiger partial charge in [-0.2, -0.15) is 13.9 Å². The van der Waals surface area contributed by atoms with Gasteiger partial charge >= 0.3 is 6.61 Å². The van der Waals surface area contributed by atoms with Crippen LogP contribution in [-0.4, -0.2) is 39.5 Å². The third-order valence-corrected chi connectivity index (χ3v) is 3.33. The SMILES string of the molecule is COc1cccc(NCC(=O)N/N=C\c2ccc(OC(F)F)c(OC)c2)c1. The van der Waals surface area contributed by atoms with Crippen molar-refractivity contribution >= 4 is 17.8 Å². The Hall–Kier alpha value is -3.36. The van der Waals surface area contributed by atoms with Gasteiger partial charge in [-0.25, -0.2) is 5.43 Å². The van der Waals surface area contributed by atoms with Crippen molar-refractivity contribution in [2.24, 2.45) is 5.10 Å². The van der Waals surface area contributed by atoms with Gasteiger partial charge in [-0.1, -0.05) is 6.07 Å². The Kier molecular flexibility index (Phi) is 7.36. The number of alkyl halides is 2. The fourth-order valence-corrected chi connectivity index (χ4v) is 2.09. The highest BCUT2D eigenvalue weighted by atomic mass is 19.3. The normalized spacial score (nSPS) is 10.7. The van der Waals surface area contributed by atoms with E-state index in [2.05, 4.69) is 20.6 Å². The molecule has 0 aliphatic heterocycles. The molecule has 2 N–H and O–H groups in total. The van der Waals surface area contributed by atoms with Crippen molar-refractivity contribution in [3.63, 3.8) is 0 Å². The van der Waals surface area contributed by atoms with Gasteiger partial charge in [-0.3, -0.25) is 4.79 Å². The number of amides is 1. The number of hydrogen-bond acceptors (Lipinski definition) is 6. The second kappa shape index (κ2) is 9.95. The number of ether oxygens (including phenoxy) is 3. The highest BCUT2D eigenvalue weighted by Gasteiger charge is 2.10. The van der Waals surface area contributed by atoms with Crippen molar-refractivity contribution in [1.29, 1.82) is 0 Å². The summed E-state index contributed by atoms with van der Waals surface area (Å²) in [7, 11) is 2.89. The molecule has 0 aromatic heterocycles. The van der Waals surface area contributed by atoms with Gasteiger partial charge in [0.15, 0.2) is 11.5 Å². The number of nitrogens with zero attached hydrogens (tertiary/aromatic N) is 1. The molecule has 0 atom stereocenters. The summed E-state index contributed by atoms with van der Waals surface area (Å²) in [6.45, 7) is -2.94. The maximum absolute atomic E-state index is 12.3. The van der Waals surface area contributed by atoms with E-state index in [0.717, 1.165) is 5.69 Å². The second-order valence-electron chi connectivity index (χ2n) is 5.17. The Morgan fingerprint density at radius 3 is 2.67 bits per heavy atom. The lowest BCUT2D eigenvalue weighted by Crippen LogP contribution is -2.25. The lowest BCUT2D eigenvalue weighted by atomic mass is 10.2. The number of halogens is 2. The molecule has 27 heavy (non-hydrogen) atoms. The Morgan fingerprint density at radius 1 is 1.15 bits per heavy atom. The molecule has 0 radical (unpaired) electrons. The molecule has 2 aromatic carbocycles. The Labute approximate surface area is 154 Å². The molecule has 0 fully saturated rings. The van der Waals surface area contributed by atoms with Gasteiger partial charge in [0, 0.05) is 11.8 Å². The number of nitrogens with one attached hydrogen (secondary N) is 2. The average Bonchev–Trinajstić information content (AvgIpc) is 2.67. The molecule has 144 valence electrons. The average molecular weight is 379 g/mol. The molecule has 2 aromatic rings. The van der Waals surface area contributed by atoms with Crippen LogP contribution in [0.25, 0.3) is 0 Å². The van der Waals surface area contributed by atoms with Gasteiger partial charge in [0.25, 0.3) is 5.91 Å². The van der Waals surface area contributed by atoms with E-state index in [1.807, 2.05) is 0 Å². The number of carbonyl (C=O) groups excluding carboxylic acids is 1. The molecule has 0 aliphatic rings. The first-order valence-electron chi connectivity index (χ1n) is 7.84. The van der Waals surface area contributed by atoms with Crippen LogP contribution in [-0.2, 0) is 4.79 Å². The molecule has 0 spiro atoms. The van der Waals surface area contributed by atoms with E-state index in [-0.39, 0.29) is 24.0 Å². The quantitative estimate of drug-likeness (QED) is 0.517. The van der Waals surface area contributed by atoms with Crippen molar-refractivity contribution in [2.45, 2.75) is 6.61 Å². The number of hydrogen-bond donors (Lipinski definition) is 2. The third kappa shape index (κ3) is 6.46. The van der Waals surface area contributed by atoms with E-state index in [1.54, 1.807) is 31.4 Å². The Morgan fingerprint density at radius 2 is 1.96 bits per heavy atom. The summed E-state index contributed by atoms with van der Waals surface area (Å²) in [6, 6.07) is 11.4. The number of carbonyl (C=O) groups is 1. The summed E-state index contributed by atoms with van der Waals surface area (Å²) < 4.78 is 39.0. The van der Waals surface area contributed by atoms with Crippen molar-refractivity contribution in [3.8, 4) is 17.2 Å². The second-order valence-corrected chi connectivity index (χ2v) is 5.17. The van der Waals surface area contributed by atoms with Crippen LogP contribution in [0.3, 0.4) is 0 Å². The number of hydrazone groups is 1. The van der Waals surface area contributed by atoms with Crippen LogP contribution in [0, 0.1) is 0 Å². The third-order valence-electron chi connectivity index (χ3n) is 3.33. The zero-order valence-electron chi connectivity index (χ0n) is 14.7. The minimum absolute atomic E-state index is 0.00892. The summed E-state index contributed by atoms with van der Waals surface area (Å²) in [5.41, 5.74) is 3.63. The predicted octanol–water partition coefficient (Wildman–Crippen LogP) is 2.87. The lowest BCUT2D eigenvalue weighted by molar-refractivity contribution is -0.119. The molecule has 9 heteroatoms. The molecule has 0 heterocycles. The molecular formula is C18H19F2N3O4. The highest BCUT2D eigenvalue weighted by Crippen LogP contribution is 2.28. The summed E-state index contributed by atoms with van der Waals surface area (Å²) >= 11 is 0. The van der Waals surface area contributed by atoms with Gasteiger partial charge in [0.05, 0.1) is 27.0 Å². The Bertz CT molecular complexity index is 800.